The molecule has 2 atom stereocenters. The van der Waals surface area contributed by atoms with E-state index in [9.17, 15) is 14.4 Å². The van der Waals surface area contributed by atoms with Crippen molar-refractivity contribution >= 4 is 45.3 Å². The summed E-state index contributed by atoms with van der Waals surface area (Å²) in [5.41, 5.74) is 4.89. The number of anilines is 2. The van der Waals surface area contributed by atoms with Crippen LogP contribution in [0.1, 0.15) is 43.5 Å². The van der Waals surface area contributed by atoms with Gasteiger partial charge in [0.15, 0.2) is 5.65 Å². The molecule has 0 aliphatic carbocycles. The van der Waals surface area contributed by atoms with Crippen molar-refractivity contribution in [2.24, 2.45) is 0 Å². The number of pyridine rings is 3. The summed E-state index contributed by atoms with van der Waals surface area (Å²) in [6, 6.07) is 5.87. The molecule has 5 aromatic rings. The van der Waals surface area contributed by atoms with E-state index in [0.29, 0.717) is 33.5 Å². The Bertz CT molecular complexity index is 2220. The molecule has 0 saturated carbocycles. The first-order valence-corrected chi connectivity index (χ1v) is 15.6. The highest BCUT2D eigenvalue weighted by Gasteiger charge is 2.46. The van der Waals surface area contributed by atoms with Crippen LogP contribution in [0.15, 0.2) is 54.2 Å². The van der Waals surface area contributed by atoms with Gasteiger partial charge >= 0.3 is 0 Å². The first-order chi connectivity index (χ1) is 22.4. The Labute approximate surface area is 270 Å². The van der Waals surface area contributed by atoms with Gasteiger partial charge in [0.05, 0.1) is 41.0 Å². The zero-order chi connectivity index (χ0) is 33.5. The molecule has 2 aliphatic heterocycles. The minimum atomic E-state index is -0.791. The van der Waals surface area contributed by atoms with Crippen LogP contribution >= 0.6 is 0 Å². The van der Waals surface area contributed by atoms with Crippen LogP contribution in [0.2, 0.25) is 0 Å². The average molecular weight is 635 g/mol. The number of aromatic amines is 1. The molecule has 2 amide bonds. The number of nitrogens with zero attached hydrogens (tertiary/aromatic N) is 7. The van der Waals surface area contributed by atoms with Gasteiger partial charge in [0.1, 0.15) is 23.2 Å². The average Bonchev–Trinajstić information content (AvgIpc) is 3.52. The van der Waals surface area contributed by atoms with E-state index in [1.54, 1.807) is 24.5 Å². The normalized spacial score (nSPS) is 17.9. The number of carbonyl (C=O) groups excluding carboxylic acids is 2. The minimum absolute atomic E-state index is 0.0556. The first-order valence-electron chi connectivity index (χ1n) is 15.6. The fourth-order valence-corrected chi connectivity index (χ4v) is 7.12. The molecule has 4 aromatic heterocycles. The Balaban J connectivity index is 1.62. The summed E-state index contributed by atoms with van der Waals surface area (Å²) in [5, 5.41) is 0.366. The molecule has 12 heteroatoms. The number of H-pyrrole nitrogens is 1. The molecule has 47 heavy (non-hydrogen) atoms. The van der Waals surface area contributed by atoms with Crippen molar-refractivity contribution in [3.63, 3.8) is 0 Å². The molecule has 1 saturated heterocycles. The summed E-state index contributed by atoms with van der Waals surface area (Å²) < 4.78 is 18.1. The summed E-state index contributed by atoms with van der Waals surface area (Å²) in [7, 11) is 1.55. The molecule has 1 N–H and O–H groups in total. The van der Waals surface area contributed by atoms with Gasteiger partial charge in [-0.3, -0.25) is 23.9 Å². The molecule has 0 spiro atoms. The van der Waals surface area contributed by atoms with Crippen molar-refractivity contribution < 1.29 is 14.0 Å². The predicted molar refractivity (Wildman–Crippen MR) is 180 cm³/mol. The van der Waals surface area contributed by atoms with Crippen LogP contribution < -0.4 is 15.4 Å². The molecular weight excluding hydrogens is 599 g/mol. The van der Waals surface area contributed by atoms with Gasteiger partial charge in [-0.15, -0.1) is 0 Å². The summed E-state index contributed by atoms with van der Waals surface area (Å²) in [4.78, 5) is 63.6. The van der Waals surface area contributed by atoms with Crippen molar-refractivity contribution in [2.45, 2.75) is 52.6 Å². The van der Waals surface area contributed by atoms with E-state index in [4.69, 9.17) is 4.98 Å². The SMILES string of the molecule is C=CC(=O)N1CC2C(=O)N(C)c3c(c4cc(F)c(-c5c(C)ccc6[nH]cnc56)nc4n(-c4c(C)ccnc4C(C)C)c3=O)N2CC1C. The van der Waals surface area contributed by atoms with Crippen molar-refractivity contribution in [1.29, 1.82) is 0 Å². The van der Waals surface area contributed by atoms with Crippen LogP contribution in [0.3, 0.4) is 0 Å². The number of carbonyl (C=O) groups is 2. The Kier molecular flexibility index (Phi) is 6.99. The van der Waals surface area contributed by atoms with Crippen molar-refractivity contribution in [1.82, 2.24) is 29.4 Å². The fraction of sp³-hybridized carbons (Fsp3) is 0.314. The number of aromatic nitrogens is 5. The number of hydrogen-bond donors (Lipinski definition) is 1. The number of piperazine rings is 1. The molecule has 1 fully saturated rings. The number of rotatable bonds is 4. The van der Waals surface area contributed by atoms with Gasteiger partial charge in [0.2, 0.25) is 5.91 Å². The standard InChI is InChI=1S/C35H35FN8O3/c1-8-25(45)42-15-24-34(46)41(7)32-31(43(24)14-20(42)6)21-13-22(36)28(26-18(4)9-10-23-29(26)39-16-38-23)40-33(21)44(35(32)47)30-19(5)11-12-37-27(30)17(2)3/h8-13,16-17,20,24H,1,14-15H2,2-7H3,(H,38,39). The highest BCUT2D eigenvalue weighted by molar-refractivity contribution is 6.12. The number of aryl methyl sites for hydroxylation is 2. The highest BCUT2D eigenvalue weighted by atomic mass is 19.1. The molecule has 1 aromatic carbocycles. The van der Waals surface area contributed by atoms with Crippen LogP contribution in [0.5, 0.6) is 0 Å². The lowest BCUT2D eigenvalue weighted by molar-refractivity contribution is -0.130. The van der Waals surface area contributed by atoms with Gasteiger partial charge < -0.3 is 19.7 Å². The van der Waals surface area contributed by atoms with E-state index in [1.807, 2.05) is 57.7 Å². The molecular formula is C35H35FN8O3. The Morgan fingerprint density at radius 3 is 2.57 bits per heavy atom. The molecule has 2 unspecified atom stereocenters. The molecule has 6 heterocycles. The fourth-order valence-electron chi connectivity index (χ4n) is 7.12. The Morgan fingerprint density at radius 2 is 1.85 bits per heavy atom. The van der Waals surface area contributed by atoms with Crippen LogP contribution in [0.4, 0.5) is 15.8 Å². The molecule has 0 radical (unpaired) electrons. The maximum absolute atomic E-state index is 16.6. The third-order valence-electron chi connectivity index (χ3n) is 9.45. The van der Waals surface area contributed by atoms with Crippen molar-refractivity contribution in [2.75, 3.05) is 29.9 Å². The lowest BCUT2D eigenvalue weighted by Gasteiger charge is -2.49. The van der Waals surface area contributed by atoms with Gasteiger partial charge in [0.25, 0.3) is 11.5 Å². The van der Waals surface area contributed by atoms with E-state index >= 15 is 4.39 Å². The third-order valence-corrected chi connectivity index (χ3v) is 9.45. The Morgan fingerprint density at radius 1 is 1.09 bits per heavy atom. The molecule has 7 rings (SSSR count). The largest absolute Gasteiger partial charge is 0.354 e. The third kappa shape index (κ3) is 4.38. The number of hydrogen-bond acceptors (Lipinski definition) is 7. The van der Waals surface area contributed by atoms with Gasteiger partial charge in [-0.2, -0.15) is 0 Å². The molecule has 2 aliphatic rings. The summed E-state index contributed by atoms with van der Waals surface area (Å²) in [6.45, 7) is 13.6. The quantitative estimate of drug-likeness (QED) is 0.283. The van der Waals surface area contributed by atoms with E-state index in [-0.39, 0.29) is 53.9 Å². The van der Waals surface area contributed by atoms with Crippen LogP contribution in [-0.4, -0.2) is 73.4 Å². The predicted octanol–water partition coefficient (Wildman–Crippen LogP) is 4.77. The van der Waals surface area contributed by atoms with Gasteiger partial charge in [-0.05, 0) is 62.1 Å². The molecule has 240 valence electrons. The van der Waals surface area contributed by atoms with Crippen molar-refractivity contribution in [3.8, 4) is 16.9 Å². The maximum atomic E-state index is 16.6. The topological polar surface area (TPSA) is 120 Å². The number of likely N-dealkylation sites (N-methyl/N-ethyl adjacent to an activating group) is 1. The number of imidazole rings is 1. The summed E-state index contributed by atoms with van der Waals surface area (Å²) in [5.74, 6) is -1.29. The number of amides is 2. The van der Waals surface area contributed by atoms with Crippen molar-refractivity contribution in [3.05, 3.63) is 82.4 Å². The van der Waals surface area contributed by atoms with Gasteiger partial charge in [0, 0.05) is 36.8 Å². The zero-order valence-electron chi connectivity index (χ0n) is 27.1. The van der Waals surface area contributed by atoms with Gasteiger partial charge in [-0.1, -0.05) is 26.5 Å². The van der Waals surface area contributed by atoms with E-state index in [2.05, 4.69) is 21.5 Å². The Hall–Kier alpha value is -5.39. The zero-order valence-corrected chi connectivity index (χ0v) is 27.1. The number of fused-ring (bicyclic) bond motifs is 6. The number of benzene rings is 1. The molecule has 11 nitrogen and oxygen atoms in total. The summed E-state index contributed by atoms with van der Waals surface area (Å²) >= 11 is 0. The lowest BCUT2D eigenvalue weighted by Crippen LogP contribution is -2.66. The number of nitrogens with one attached hydrogen (secondary N) is 1. The van der Waals surface area contributed by atoms with E-state index < -0.39 is 17.4 Å². The highest BCUT2D eigenvalue weighted by Crippen LogP contribution is 2.43. The number of halogens is 1. The second kappa shape index (κ2) is 10.9. The van der Waals surface area contributed by atoms with E-state index in [0.717, 1.165) is 16.6 Å². The van der Waals surface area contributed by atoms with Gasteiger partial charge in [-0.25, -0.2) is 14.4 Å². The van der Waals surface area contributed by atoms with Crippen LogP contribution in [0, 0.1) is 19.7 Å². The second-order valence-electron chi connectivity index (χ2n) is 12.7. The second-order valence-corrected chi connectivity index (χ2v) is 12.7. The monoisotopic (exact) mass is 634 g/mol. The summed E-state index contributed by atoms with van der Waals surface area (Å²) in [6.07, 6.45) is 4.49. The van der Waals surface area contributed by atoms with Crippen LogP contribution in [-0.2, 0) is 9.59 Å². The molecule has 0 bridgehead atoms. The lowest BCUT2D eigenvalue weighted by atomic mass is 9.97. The van der Waals surface area contributed by atoms with Crippen LogP contribution in [0.25, 0.3) is 39.0 Å². The smallest absolute Gasteiger partial charge is 0.283 e. The minimum Gasteiger partial charge on any atom is -0.354 e. The van der Waals surface area contributed by atoms with E-state index in [1.165, 1.54) is 21.6 Å². The maximum Gasteiger partial charge on any atom is 0.283 e. The first kappa shape index (κ1) is 30.3.